The number of pyridine rings is 1. The van der Waals surface area contributed by atoms with Gasteiger partial charge in [0.15, 0.2) is 10.4 Å². The first kappa shape index (κ1) is 13.2. The first-order valence-corrected chi connectivity index (χ1v) is 6.46. The maximum absolute atomic E-state index is 5.40. The molecule has 18 heavy (non-hydrogen) atoms. The van der Waals surface area contributed by atoms with Crippen LogP contribution in [0.2, 0.25) is 0 Å². The number of aromatic nitrogens is 3. The lowest BCUT2D eigenvalue weighted by Crippen LogP contribution is -2.42. The Morgan fingerprint density at radius 1 is 1.39 bits per heavy atom. The molecule has 2 rings (SSSR count). The molecule has 2 heterocycles. The van der Waals surface area contributed by atoms with Crippen LogP contribution in [0.15, 0.2) is 12.1 Å². The Kier molecular flexibility index (Phi) is 3.29. The maximum Gasteiger partial charge on any atom is 0.179 e. The SMILES string of the molecule is Cc1ccc2[nH]c(=S)n(CC(C)(C)N(C)C)c2n1. The van der Waals surface area contributed by atoms with Crippen LogP contribution in [0.1, 0.15) is 19.5 Å². The molecule has 0 spiro atoms. The second kappa shape index (κ2) is 4.48. The zero-order chi connectivity index (χ0) is 13.5. The fourth-order valence-corrected chi connectivity index (χ4v) is 2.06. The van der Waals surface area contributed by atoms with Crippen molar-refractivity contribution in [2.45, 2.75) is 32.9 Å². The molecule has 0 atom stereocenters. The molecular weight excluding hydrogens is 244 g/mol. The van der Waals surface area contributed by atoms with Gasteiger partial charge < -0.3 is 9.88 Å². The standard InChI is InChI=1S/C13H20N4S/c1-9-6-7-10-11(14-9)17(12(18)15-10)8-13(2,3)16(4)5/h6-7H,8H2,1-5H3,(H,15,18). The van der Waals surface area contributed by atoms with E-state index < -0.39 is 0 Å². The number of aryl methyl sites for hydroxylation is 1. The number of H-pyrrole nitrogens is 1. The first-order valence-electron chi connectivity index (χ1n) is 6.05. The van der Waals surface area contributed by atoms with Gasteiger partial charge in [-0.05, 0) is 59.2 Å². The van der Waals surface area contributed by atoms with Gasteiger partial charge in [-0.2, -0.15) is 0 Å². The third kappa shape index (κ3) is 2.33. The van der Waals surface area contributed by atoms with Crippen LogP contribution < -0.4 is 0 Å². The van der Waals surface area contributed by atoms with E-state index in [1.165, 1.54) is 0 Å². The average molecular weight is 264 g/mol. The van der Waals surface area contributed by atoms with Crippen molar-refractivity contribution in [1.82, 2.24) is 19.4 Å². The van der Waals surface area contributed by atoms with Crippen molar-refractivity contribution in [3.63, 3.8) is 0 Å². The largest absolute Gasteiger partial charge is 0.329 e. The van der Waals surface area contributed by atoms with Gasteiger partial charge in [-0.1, -0.05) is 0 Å². The lowest BCUT2D eigenvalue weighted by molar-refractivity contribution is 0.170. The summed E-state index contributed by atoms with van der Waals surface area (Å²) in [5.74, 6) is 0. The minimum atomic E-state index is 0.0266. The Hall–Kier alpha value is -1.20. The molecule has 2 aromatic heterocycles. The van der Waals surface area contributed by atoms with Gasteiger partial charge in [-0.3, -0.25) is 4.57 Å². The maximum atomic E-state index is 5.40. The van der Waals surface area contributed by atoms with Crippen LogP contribution in [-0.2, 0) is 6.54 Å². The highest BCUT2D eigenvalue weighted by Crippen LogP contribution is 2.18. The quantitative estimate of drug-likeness (QED) is 0.866. The second-order valence-corrected chi connectivity index (χ2v) is 5.93. The molecular formula is C13H20N4S. The van der Waals surface area contributed by atoms with Gasteiger partial charge >= 0.3 is 0 Å². The highest BCUT2D eigenvalue weighted by atomic mass is 32.1. The Morgan fingerprint density at radius 3 is 2.67 bits per heavy atom. The first-order chi connectivity index (χ1) is 8.31. The van der Waals surface area contributed by atoms with Gasteiger partial charge in [0.1, 0.15) is 0 Å². The number of likely N-dealkylation sites (N-methyl/N-ethyl adjacent to an activating group) is 1. The molecule has 0 saturated carbocycles. The van der Waals surface area contributed by atoms with E-state index >= 15 is 0 Å². The second-order valence-electron chi connectivity index (χ2n) is 5.55. The van der Waals surface area contributed by atoms with Crippen LogP contribution in [0.25, 0.3) is 11.2 Å². The summed E-state index contributed by atoms with van der Waals surface area (Å²) in [4.78, 5) is 10.00. The summed E-state index contributed by atoms with van der Waals surface area (Å²) in [7, 11) is 4.16. The van der Waals surface area contributed by atoms with Gasteiger partial charge in [0.2, 0.25) is 0 Å². The minimum absolute atomic E-state index is 0.0266. The normalized spacial score (nSPS) is 12.6. The number of nitrogens with zero attached hydrogens (tertiary/aromatic N) is 3. The van der Waals surface area contributed by atoms with Crippen molar-refractivity contribution >= 4 is 23.4 Å². The van der Waals surface area contributed by atoms with Crippen LogP contribution in [0.3, 0.4) is 0 Å². The van der Waals surface area contributed by atoms with Crippen LogP contribution in [-0.4, -0.2) is 39.1 Å². The third-order valence-corrected chi connectivity index (χ3v) is 3.83. The lowest BCUT2D eigenvalue weighted by Gasteiger charge is -2.32. The van der Waals surface area contributed by atoms with Crippen LogP contribution >= 0.6 is 12.2 Å². The van der Waals surface area contributed by atoms with E-state index in [1.54, 1.807) is 0 Å². The highest BCUT2D eigenvalue weighted by Gasteiger charge is 2.22. The Morgan fingerprint density at radius 2 is 2.06 bits per heavy atom. The van der Waals surface area contributed by atoms with Crippen molar-refractivity contribution in [1.29, 1.82) is 0 Å². The molecule has 0 saturated heterocycles. The molecule has 0 unspecified atom stereocenters. The van der Waals surface area contributed by atoms with Crippen molar-refractivity contribution in [2.24, 2.45) is 0 Å². The number of rotatable bonds is 3. The summed E-state index contributed by atoms with van der Waals surface area (Å²) in [5, 5.41) is 0. The number of fused-ring (bicyclic) bond motifs is 1. The van der Waals surface area contributed by atoms with Crippen molar-refractivity contribution in [2.75, 3.05) is 14.1 Å². The van der Waals surface area contributed by atoms with Gasteiger partial charge in [0.05, 0.1) is 5.52 Å². The molecule has 98 valence electrons. The summed E-state index contributed by atoms with van der Waals surface area (Å²) < 4.78 is 2.82. The fraction of sp³-hybridized carbons (Fsp3) is 0.538. The van der Waals surface area contributed by atoms with E-state index in [2.05, 4.69) is 47.4 Å². The summed E-state index contributed by atoms with van der Waals surface area (Å²) in [6.07, 6.45) is 0. The number of imidazole rings is 1. The van der Waals surface area contributed by atoms with E-state index in [9.17, 15) is 0 Å². The molecule has 0 fully saturated rings. The van der Waals surface area contributed by atoms with Gasteiger partial charge in [0.25, 0.3) is 0 Å². The molecule has 0 aliphatic heterocycles. The zero-order valence-corrected chi connectivity index (χ0v) is 12.4. The van der Waals surface area contributed by atoms with E-state index in [-0.39, 0.29) is 5.54 Å². The molecule has 4 nitrogen and oxygen atoms in total. The Balaban J connectivity index is 2.54. The van der Waals surface area contributed by atoms with Gasteiger partial charge in [-0.15, -0.1) is 0 Å². The average Bonchev–Trinajstić information content (AvgIpc) is 2.55. The van der Waals surface area contributed by atoms with Crippen molar-refractivity contribution in [3.05, 3.63) is 22.6 Å². The van der Waals surface area contributed by atoms with Crippen LogP contribution in [0, 0.1) is 11.7 Å². The topological polar surface area (TPSA) is 36.9 Å². The predicted octanol–water partition coefficient (Wildman–Crippen LogP) is 2.74. The summed E-state index contributed by atoms with van der Waals surface area (Å²) >= 11 is 5.40. The number of hydrogen-bond acceptors (Lipinski definition) is 3. The number of nitrogens with one attached hydrogen (secondary N) is 1. The van der Waals surface area contributed by atoms with Crippen LogP contribution in [0.5, 0.6) is 0 Å². The molecule has 0 aromatic carbocycles. The molecule has 0 aliphatic carbocycles. The van der Waals surface area contributed by atoms with E-state index in [0.717, 1.165) is 28.2 Å². The molecule has 0 amide bonds. The van der Waals surface area contributed by atoms with Gasteiger partial charge in [0, 0.05) is 17.8 Å². The smallest absolute Gasteiger partial charge is 0.179 e. The van der Waals surface area contributed by atoms with E-state index in [0.29, 0.717) is 0 Å². The molecule has 0 radical (unpaired) electrons. The monoisotopic (exact) mass is 264 g/mol. The summed E-state index contributed by atoms with van der Waals surface area (Å²) in [6.45, 7) is 7.21. The molecule has 1 N–H and O–H groups in total. The lowest BCUT2D eigenvalue weighted by atomic mass is 10.0. The molecule has 0 aliphatic rings. The highest BCUT2D eigenvalue weighted by molar-refractivity contribution is 7.71. The zero-order valence-electron chi connectivity index (χ0n) is 11.6. The van der Waals surface area contributed by atoms with E-state index in [4.69, 9.17) is 12.2 Å². The van der Waals surface area contributed by atoms with Gasteiger partial charge in [-0.25, -0.2) is 4.98 Å². The Labute approximate surface area is 113 Å². The third-order valence-electron chi connectivity index (χ3n) is 3.51. The molecule has 5 heteroatoms. The van der Waals surface area contributed by atoms with Crippen molar-refractivity contribution < 1.29 is 0 Å². The summed E-state index contributed by atoms with van der Waals surface area (Å²) in [5.41, 5.74) is 2.97. The summed E-state index contributed by atoms with van der Waals surface area (Å²) in [6, 6.07) is 4.03. The molecule has 0 bridgehead atoms. The number of aromatic amines is 1. The minimum Gasteiger partial charge on any atom is -0.329 e. The van der Waals surface area contributed by atoms with Crippen LogP contribution in [0.4, 0.5) is 0 Å². The van der Waals surface area contributed by atoms with E-state index in [1.807, 2.05) is 19.1 Å². The van der Waals surface area contributed by atoms with Crippen molar-refractivity contribution in [3.8, 4) is 0 Å². The Bertz CT molecular complexity index is 621. The molecule has 2 aromatic rings. The fourth-order valence-electron chi connectivity index (χ4n) is 1.80. The number of hydrogen-bond donors (Lipinski definition) is 1. The predicted molar refractivity (Wildman–Crippen MR) is 77.4 cm³/mol.